The van der Waals surface area contributed by atoms with Crippen LogP contribution < -0.4 is 15.5 Å². The first-order valence-electron chi connectivity index (χ1n) is 9.30. The van der Waals surface area contributed by atoms with E-state index in [1.165, 1.54) is 18.3 Å². The molecule has 0 spiro atoms. The maximum atomic E-state index is 12.2. The van der Waals surface area contributed by atoms with Gasteiger partial charge in [0.05, 0.1) is 23.3 Å². The lowest BCUT2D eigenvalue weighted by molar-refractivity contribution is -0.119. The normalized spacial score (nSPS) is 10.7. The van der Waals surface area contributed by atoms with Crippen LogP contribution in [0, 0.1) is 6.92 Å². The summed E-state index contributed by atoms with van der Waals surface area (Å²) in [6.07, 6.45) is 1.49. The van der Waals surface area contributed by atoms with Crippen LogP contribution in [0.2, 0.25) is 10.0 Å². The molecule has 3 aromatic rings. The first-order valence-corrected chi connectivity index (χ1v) is 10.1. The van der Waals surface area contributed by atoms with E-state index in [4.69, 9.17) is 27.9 Å². The van der Waals surface area contributed by atoms with Crippen LogP contribution in [0.25, 0.3) is 0 Å². The summed E-state index contributed by atoms with van der Waals surface area (Å²) in [6, 6.07) is 18.9. The molecule has 0 aliphatic rings. The molecule has 0 aliphatic heterocycles. The first kappa shape index (κ1) is 22.3. The van der Waals surface area contributed by atoms with Gasteiger partial charge in [-0.1, -0.05) is 40.9 Å². The topological polar surface area (TPSA) is 79.8 Å². The monoisotopic (exact) mass is 455 g/mol. The van der Waals surface area contributed by atoms with Gasteiger partial charge in [0.15, 0.2) is 0 Å². The zero-order valence-corrected chi connectivity index (χ0v) is 18.1. The molecule has 0 bridgehead atoms. The van der Waals surface area contributed by atoms with Crippen molar-refractivity contribution in [3.8, 4) is 5.75 Å². The molecule has 0 fully saturated rings. The van der Waals surface area contributed by atoms with Crippen molar-refractivity contribution in [2.24, 2.45) is 5.10 Å². The summed E-state index contributed by atoms with van der Waals surface area (Å²) in [5.74, 6) is -0.516. The Bertz CT molecular complexity index is 1100. The number of amides is 1. The molecule has 3 aromatic carbocycles. The lowest BCUT2D eigenvalue weighted by Gasteiger charge is -2.06. The molecular weight excluding hydrogens is 437 g/mol. The van der Waals surface area contributed by atoms with Crippen LogP contribution in [0.5, 0.6) is 5.75 Å². The number of esters is 1. The van der Waals surface area contributed by atoms with Crippen molar-refractivity contribution < 1.29 is 14.3 Å². The Morgan fingerprint density at radius 2 is 1.71 bits per heavy atom. The van der Waals surface area contributed by atoms with E-state index in [-0.39, 0.29) is 23.0 Å². The van der Waals surface area contributed by atoms with Gasteiger partial charge in [0, 0.05) is 10.7 Å². The number of carbonyl (C=O) groups is 2. The van der Waals surface area contributed by atoms with Crippen LogP contribution in [-0.4, -0.2) is 24.6 Å². The Morgan fingerprint density at radius 3 is 2.39 bits per heavy atom. The fraction of sp³-hybridized carbons (Fsp3) is 0.0870. The number of aryl methyl sites for hydroxylation is 1. The fourth-order valence-corrected chi connectivity index (χ4v) is 3.00. The van der Waals surface area contributed by atoms with E-state index >= 15 is 0 Å². The molecule has 0 unspecified atom stereocenters. The Kier molecular flexibility index (Phi) is 7.65. The van der Waals surface area contributed by atoms with Crippen molar-refractivity contribution in [3.63, 3.8) is 0 Å². The molecule has 31 heavy (non-hydrogen) atoms. The summed E-state index contributed by atoms with van der Waals surface area (Å²) in [6.45, 7) is 2.10. The number of rotatable bonds is 7. The van der Waals surface area contributed by atoms with Gasteiger partial charge in [-0.25, -0.2) is 10.2 Å². The van der Waals surface area contributed by atoms with E-state index in [0.29, 0.717) is 10.8 Å². The number of hydrogen-bond donors (Lipinski definition) is 2. The number of ether oxygens (including phenoxy) is 1. The highest BCUT2D eigenvalue weighted by Gasteiger charge is 2.13. The summed E-state index contributed by atoms with van der Waals surface area (Å²) in [4.78, 5) is 24.1. The standard InChI is InChI=1S/C23H19Cl2N3O3/c1-15-2-7-18(8-3-15)26-14-22(29)28-27-13-16-4-9-19(10-5-16)31-23(30)20-11-6-17(24)12-21(20)25/h2-13,26H,14H2,1H3,(H,28,29)/b27-13-. The number of nitrogens with one attached hydrogen (secondary N) is 2. The van der Waals surface area contributed by atoms with Gasteiger partial charge in [0.25, 0.3) is 5.91 Å². The smallest absolute Gasteiger partial charge is 0.345 e. The molecule has 2 N–H and O–H groups in total. The average Bonchev–Trinajstić information content (AvgIpc) is 2.74. The van der Waals surface area contributed by atoms with E-state index in [2.05, 4.69) is 15.8 Å². The van der Waals surface area contributed by atoms with Crippen LogP contribution in [0.15, 0.2) is 71.8 Å². The van der Waals surface area contributed by atoms with E-state index in [0.717, 1.165) is 16.8 Å². The van der Waals surface area contributed by atoms with Gasteiger partial charge in [0.1, 0.15) is 5.75 Å². The van der Waals surface area contributed by atoms with Gasteiger partial charge in [-0.3, -0.25) is 4.79 Å². The highest BCUT2D eigenvalue weighted by molar-refractivity contribution is 6.36. The average molecular weight is 456 g/mol. The Balaban J connectivity index is 1.48. The van der Waals surface area contributed by atoms with E-state index in [1.54, 1.807) is 30.3 Å². The van der Waals surface area contributed by atoms with Gasteiger partial charge < -0.3 is 10.1 Å². The number of hydrazone groups is 1. The minimum absolute atomic E-state index is 0.0998. The molecule has 0 saturated heterocycles. The summed E-state index contributed by atoms with van der Waals surface area (Å²) >= 11 is 11.9. The molecule has 0 radical (unpaired) electrons. The molecule has 0 aromatic heterocycles. The third-order valence-electron chi connectivity index (χ3n) is 4.15. The molecule has 1 amide bonds. The SMILES string of the molecule is Cc1ccc(NCC(=O)N/N=C\c2ccc(OC(=O)c3ccc(Cl)cc3Cl)cc2)cc1. The van der Waals surface area contributed by atoms with Crippen molar-refractivity contribution in [2.45, 2.75) is 6.92 Å². The molecule has 3 rings (SSSR count). The molecule has 158 valence electrons. The summed E-state index contributed by atoms with van der Waals surface area (Å²) in [5, 5.41) is 7.59. The number of anilines is 1. The Hall–Kier alpha value is -3.35. The van der Waals surface area contributed by atoms with Crippen LogP contribution >= 0.6 is 23.2 Å². The van der Waals surface area contributed by atoms with Crippen LogP contribution in [0.3, 0.4) is 0 Å². The molecule has 0 atom stereocenters. The lowest BCUT2D eigenvalue weighted by Crippen LogP contribution is -2.25. The highest BCUT2D eigenvalue weighted by Crippen LogP contribution is 2.23. The van der Waals surface area contributed by atoms with Crippen LogP contribution in [-0.2, 0) is 4.79 Å². The predicted molar refractivity (Wildman–Crippen MR) is 123 cm³/mol. The molecule has 0 aliphatic carbocycles. The molecular formula is C23H19Cl2N3O3. The maximum Gasteiger partial charge on any atom is 0.345 e. The predicted octanol–water partition coefficient (Wildman–Crippen LogP) is 5.08. The van der Waals surface area contributed by atoms with E-state index in [1.807, 2.05) is 31.2 Å². The fourth-order valence-electron chi connectivity index (χ4n) is 2.51. The minimum Gasteiger partial charge on any atom is -0.423 e. The van der Waals surface area contributed by atoms with E-state index < -0.39 is 5.97 Å². The molecule has 0 heterocycles. The second-order valence-corrected chi connectivity index (χ2v) is 7.44. The summed E-state index contributed by atoms with van der Waals surface area (Å²) in [7, 11) is 0. The lowest BCUT2D eigenvalue weighted by atomic mass is 10.2. The number of halogens is 2. The number of benzene rings is 3. The third kappa shape index (κ3) is 6.84. The Labute approximate surface area is 189 Å². The van der Waals surface area contributed by atoms with Crippen molar-refractivity contribution in [3.05, 3.63) is 93.5 Å². The second kappa shape index (κ2) is 10.6. The van der Waals surface area contributed by atoms with Gasteiger partial charge in [-0.2, -0.15) is 5.10 Å². The van der Waals surface area contributed by atoms with Gasteiger partial charge in [-0.15, -0.1) is 0 Å². The molecule has 6 nitrogen and oxygen atoms in total. The molecule has 8 heteroatoms. The molecule has 0 saturated carbocycles. The van der Waals surface area contributed by atoms with Crippen molar-refractivity contribution in [1.82, 2.24) is 5.43 Å². The van der Waals surface area contributed by atoms with Crippen LogP contribution in [0.4, 0.5) is 5.69 Å². The van der Waals surface area contributed by atoms with Gasteiger partial charge in [0.2, 0.25) is 0 Å². The number of hydrogen-bond acceptors (Lipinski definition) is 5. The zero-order valence-electron chi connectivity index (χ0n) is 16.6. The zero-order chi connectivity index (χ0) is 22.2. The van der Waals surface area contributed by atoms with Crippen molar-refractivity contribution in [1.29, 1.82) is 0 Å². The number of carbonyl (C=O) groups excluding carboxylic acids is 2. The van der Waals surface area contributed by atoms with Crippen LogP contribution in [0.1, 0.15) is 21.5 Å². The largest absolute Gasteiger partial charge is 0.423 e. The van der Waals surface area contributed by atoms with E-state index in [9.17, 15) is 9.59 Å². The maximum absolute atomic E-state index is 12.2. The van der Waals surface area contributed by atoms with Crippen molar-refractivity contribution >= 4 is 47.0 Å². The van der Waals surface area contributed by atoms with Gasteiger partial charge in [-0.05, 0) is 67.1 Å². The summed E-state index contributed by atoms with van der Waals surface area (Å²) < 4.78 is 5.31. The van der Waals surface area contributed by atoms with Crippen molar-refractivity contribution in [2.75, 3.05) is 11.9 Å². The van der Waals surface area contributed by atoms with Gasteiger partial charge >= 0.3 is 5.97 Å². The third-order valence-corrected chi connectivity index (χ3v) is 4.70. The summed E-state index contributed by atoms with van der Waals surface area (Å²) in [5.41, 5.74) is 5.39. The number of nitrogens with zero attached hydrogens (tertiary/aromatic N) is 1. The Morgan fingerprint density at radius 1 is 1.00 bits per heavy atom. The highest BCUT2D eigenvalue weighted by atomic mass is 35.5. The first-order chi connectivity index (χ1) is 14.9. The quantitative estimate of drug-likeness (QED) is 0.225. The second-order valence-electron chi connectivity index (χ2n) is 6.60. The minimum atomic E-state index is -0.587.